The van der Waals surface area contributed by atoms with Crippen LogP contribution < -0.4 is 4.74 Å². The van der Waals surface area contributed by atoms with Crippen molar-refractivity contribution in [3.05, 3.63) is 76.3 Å². The molecule has 0 saturated carbocycles. The molecule has 2 heterocycles. The Morgan fingerprint density at radius 2 is 1.94 bits per heavy atom. The Morgan fingerprint density at radius 3 is 2.65 bits per heavy atom. The minimum absolute atomic E-state index is 0.149. The van der Waals surface area contributed by atoms with Gasteiger partial charge in [-0.1, -0.05) is 61.3 Å². The van der Waals surface area contributed by atoms with Crippen LogP contribution in [0.3, 0.4) is 0 Å². The lowest BCUT2D eigenvalue weighted by molar-refractivity contribution is 0.0594. The molecule has 0 amide bonds. The first kappa shape index (κ1) is 23.4. The van der Waals surface area contributed by atoms with E-state index >= 15 is 0 Å². The van der Waals surface area contributed by atoms with Gasteiger partial charge in [-0.25, -0.2) is 14.9 Å². The summed E-state index contributed by atoms with van der Waals surface area (Å²) < 4.78 is 12.7. The number of rotatable bonds is 10. The highest BCUT2D eigenvalue weighted by Crippen LogP contribution is 2.24. The van der Waals surface area contributed by atoms with Crippen LogP contribution in [0.4, 0.5) is 0 Å². The first-order valence-corrected chi connectivity index (χ1v) is 11.4. The predicted octanol–water partition coefficient (Wildman–Crippen LogP) is 4.47. The van der Waals surface area contributed by atoms with Gasteiger partial charge in [-0.2, -0.15) is 0 Å². The maximum Gasteiger partial charge on any atom is 0.359 e. The number of aromatic nitrogens is 6. The number of unbranched alkanes of at least 4 members (excludes halogenated alkanes) is 1. The van der Waals surface area contributed by atoms with E-state index in [2.05, 4.69) is 32.5 Å². The van der Waals surface area contributed by atoms with Crippen molar-refractivity contribution in [2.45, 2.75) is 39.3 Å². The molecule has 9 nitrogen and oxygen atoms in total. The minimum atomic E-state index is -0.536. The molecule has 0 atom stereocenters. The Bertz CT molecular complexity index is 1240. The first-order valence-electron chi connectivity index (χ1n) is 11.0. The van der Waals surface area contributed by atoms with E-state index in [1.54, 1.807) is 0 Å². The number of H-pyrrole nitrogens is 1. The number of carbonyl (C=O) groups excluding carboxylic acids is 1. The second-order valence-corrected chi connectivity index (χ2v) is 8.05. The van der Waals surface area contributed by atoms with Gasteiger partial charge in [-0.15, -0.1) is 5.10 Å². The summed E-state index contributed by atoms with van der Waals surface area (Å²) in [4.78, 5) is 16.5. The monoisotopic (exact) mass is 480 g/mol. The van der Waals surface area contributed by atoms with Gasteiger partial charge in [-0.05, 0) is 34.5 Å². The normalized spacial score (nSPS) is 10.9. The molecule has 0 aliphatic rings. The van der Waals surface area contributed by atoms with Crippen LogP contribution in [0.2, 0.25) is 5.15 Å². The third-order valence-corrected chi connectivity index (χ3v) is 5.78. The molecule has 0 bridgehead atoms. The van der Waals surface area contributed by atoms with E-state index in [-0.39, 0.29) is 10.8 Å². The quantitative estimate of drug-likeness (QED) is 0.333. The summed E-state index contributed by atoms with van der Waals surface area (Å²) in [6, 6.07) is 15.6. The Kier molecular flexibility index (Phi) is 7.54. The fourth-order valence-corrected chi connectivity index (χ4v) is 3.85. The van der Waals surface area contributed by atoms with Crippen molar-refractivity contribution in [1.82, 2.24) is 30.2 Å². The maximum atomic E-state index is 12.0. The number of ether oxygens (including phenoxy) is 2. The molecular weight excluding hydrogens is 456 g/mol. The van der Waals surface area contributed by atoms with Crippen LogP contribution in [-0.2, 0) is 24.3 Å². The van der Waals surface area contributed by atoms with Crippen LogP contribution >= 0.6 is 11.6 Å². The lowest BCUT2D eigenvalue weighted by atomic mass is 10.1. The van der Waals surface area contributed by atoms with E-state index < -0.39 is 5.97 Å². The number of imidazole rings is 1. The van der Waals surface area contributed by atoms with E-state index in [1.807, 2.05) is 53.1 Å². The third kappa shape index (κ3) is 5.26. The van der Waals surface area contributed by atoms with E-state index in [0.29, 0.717) is 19.0 Å². The highest BCUT2D eigenvalue weighted by Gasteiger charge is 2.21. The smallest absolute Gasteiger partial charge is 0.359 e. The van der Waals surface area contributed by atoms with Crippen LogP contribution in [0, 0.1) is 0 Å². The van der Waals surface area contributed by atoms with Gasteiger partial charge in [0.15, 0.2) is 11.5 Å². The summed E-state index contributed by atoms with van der Waals surface area (Å²) in [6.07, 6.45) is 2.70. The summed E-state index contributed by atoms with van der Waals surface area (Å²) in [5, 5.41) is 14.3. The summed E-state index contributed by atoms with van der Waals surface area (Å²) in [5.74, 6) is 1.56. The number of nitrogens with one attached hydrogen (secondary N) is 1. The van der Waals surface area contributed by atoms with Gasteiger partial charge in [0.2, 0.25) is 0 Å². The van der Waals surface area contributed by atoms with Gasteiger partial charge in [0, 0.05) is 17.5 Å². The van der Waals surface area contributed by atoms with Crippen LogP contribution in [-0.4, -0.2) is 43.3 Å². The number of hydrogen-bond acceptors (Lipinski definition) is 7. The van der Waals surface area contributed by atoms with Crippen LogP contribution in [0.1, 0.15) is 47.2 Å². The number of halogens is 1. The second kappa shape index (κ2) is 10.9. The molecule has 0 spiro atoms. The molecule has 2 aromatic heterocycles. The topological polar surface area (TPSA) is 108 Å². The van der Waals surface area contributed by atoms with Crippen LogP contribution in [0.5, 0.6) is 5.75 Å². The number of hydrogen-bond donors (Lipinski definition) is 1. The van der Waals surface area contributed by atoms with Gasteiger partial charge >= 0.3 is 5.97 Å². The Hall–Kier alpha value is -3.72. The fourth-order valence-electron chi connectivity index (χ4n) is 3.57. The Balaban J connectivity index is 1.47. The van der Waals surface area contributed by atoms with Gasteiger partial charge in [0.05, 0.1) is 13.7 Å². The van der Waals surface area contributed by atoms with Crippen LogP contribution in [0.25, 0.3) is 11.4 Å². The predicted molar refractivity (Wildman–Crippen MR) is 127 cm³/mol. The molecule has 2 aromatic carbocycles. The molecule has 0 radical (unpaired) electrons. The van der Waals surface area contributed by atoms with Crippen molar-refractivity contribution < 1.29 is 14.3 Å². The number of methoxy groups -OCH3 is 1. The summed E-state index contributed by atoms with van der Waals surface area (Å²) in [6.45, 7) is 2.96. The van der Waals surface area contributed by atoms with E-state index in [0.717, 1.165) is 47.5 Å². The van der Waals surface area contributed by atoms with Gasteiger partial charge in [-0.3, -0.25) is 0 Å². The molecule has 0 aliphatic carbocycles. The number of aromatic amines is 1. The molecule has 34 heavy (non-hydrogen) atoms. The zero-order valence-electron chi connectivity index (χ0n) is 19.0. The van der Waals surface area contributed by atoms with E-state index in [1.165, 1.54) is 7.11 Å². The summed E-state index contributed by atoms with van der Waals surface area (Å²) in [5.41, 5.74) is 3.01. The lowest BCUT2D eigenvalue weighted by Gasteiger charge is -2.12. The van der Waals surface area contributed by atoms with Crippen molar-refractivity contribution in [3.63, 3.8) is 0 Å². The highest BCUT2D eigenvalue weighted by atomic mass is 35.5. The van der Waals surface area contributed by atoms with E-state index in [9.17, 15) is 4.79 Å². The van der Waals surface area contributed by atoms with E-state index in [4.69, 9.17) is 21.1 Å². The van der Waals surface area contributed by atoms with Gasteiger partial charge in [0.25, 0.3) is 0 Å². The Morgan fingerprint density at radius 1 is 1.15 bits per heavy atom. The number of carbonyl (C=O) groups is 1. The SMILES string of the molecule is CCCCc1nc(C(=O)OC)c(Cl)n1Cc1ccc(OCc2ccccc2-c2nnn[nH]2)cc1. The molecule has 1 N–H and O–H groups in total. The molecule has 4 rings (SSSR count). The summed E-state index contributed by atoms with van der Waals surface area (Å²) in [7, 11) is 1.32. The number of tetrazole rings is 1. The van der Waals surface area contributed by atoms with Crippen LogP contribution in [0.15, 0.2) is 48.5 Å². The molecule has 10 heteroatoms. The average molecular weight is 481 g/mol. The average Bonchev–Trinajstić information content (AvgIpc) is 3.51. The van der Waals surface area contributed by atoms with Crippen molar-refractivity contribution in [1.29, 1.82) is 0 Å². The zero-order valence-corrected chi connectivity index (χ0v) is 19.7. The van der Waals surface area contributed by atoms with Crippen molar-refractivity contribution in [2.75, 3.05) is 7.11 Å². The van der Waals surface area contributed by atoms with Crippen molar-refractivity contribution in [3.8, 4) is 17.1 Å². The number of esters is 1. The number of nitrogens with zero attached hydrogens (tertiary/aromatic N) is 5. The lowest BCUT2D eigenvalue weighted by Crippen LogP contribution is -2.06. The molecule has 0 unspecified atom stereocenters. The molecule has 0 saturated heterocycles. The molecule has 0 aliphatic heterocycles. The number of benzene rings is 2. The number of aryl methyl sites for hydroxylation is 1. The van der Waals surface area contributed by atoms with Crippen molar-refractivity contribution in [2.24, 2.45) is 0 Å². The maximum absolute atomic E-state index is 12.0. The Labute approximate surface area is 202 Å². The molecule has 0 fully saturated rings. The summed E-state index contributed by atoms with van der Waals surface area (Å²) >= 11 is 6.50. The third-order valence-electron chi connectivity index (χ3n) is 5.39. The van der Waals surface area contributed by atoms with Gasteiger partial charge < -0.3 is 14.0 Å². The fraction of sp³-hybridized carbons (Fsp3) is 0.292. The minimum Gasteiger partial charge on any atom is -0.489 e. The zero-order chi connectivity index (χ0) is 23.9. The first-order chi connectivity index (χ1) is 16.6. The molecule has 4 aromatic rings. The second-order valence-electron chi connectivity index (χ2n) is 7.69. The molecule has 176 valence electrons. The van der Waals surface area contributed by atoms with Gasteiger partial charge in [0.1, 0.15) is 23.3 Å². The standard InChI is InChI=1S/C24H25ClN6O3/c1-3-4-9-20-26-21(24(32)33-2)22(25)31(20)14-16-10-12-18(13-11-16)34-15-17-7-5-6-8-19(17)23-27-29-30-28-23/h5-8,10-13H,3-4,9,14-15H2,1-2H3,(H,27,28,29,30). The highest BCUT2D eigenvalue weighted by molar-refractivity contribution is 6.32. The molecular formula is C24H25ClN6O3. The van der Waals surface area contributed by atoms with Crippen molar-refractivity contribution >= 4 is 17.6 Å². The largest absolute Gasteiger partial charge is 0.489 e.